The highest BCUT2D eigenvalue weighted by molar-refractivity contribution is 5.82. The molecule has 1 rings (SSSR count). The first-order chi connectivity index (χ1) is 11.1. The summed E-state index contributed by atoms with van der Waals surface area (Å²) in [6.45, 7) is 13.6. The molecule has 0 aliphatic carbocycles. The van der Waals surface area contributed by atoms with Gasteiger partial charge in [-0.25, -0.2) is 4.79 Å². The van der Waals surface area contributed by atoms with Crippen LogP contribution >= 0.6 is 0 Å². The van der Waals surface area contributed by atoms with Gasteiger partial charge in [-0.1, -0.05) is 48.0 Å². The quantitative estimate of drug-likeness (QED) is 0.755. The van der Waals surface area contributed by atoms with Crippen LogP contribution in [-0.2, 0) is 14.3 Å². The summed E-state index contributed by atoms with van der Waals surface area (Å²) in [5.74, 6) is -0.0390. The van der Waals surface area contributed by atoms with Gasteiger partial charge in [0.15, 0.2) is 0 Å². The molecule has 0 aromatic heterocycles. The van der Waals surface area contributed by atoms with Gasteiger partial charge in [0.2, 0.25) is 5.91 Å². The number of carboxylic acid groups (broad SMARTS) is 1. The Kier molecular flexibility index (Phi) is 36.1. The zero-order valence-corrected chi connectivity index (χ0v) is 15.8. The zero-order valence-electron chi connectivity index (χ0n) is 15.8. The van der Waals surface area contributed by atoms with Gasteiger partial charge in [-0.2, -0.15) is 0 Å². The average Bonchev–Trinajstić information content (AvgIpc) is 3.12. The van der Waals surface area contributed by atoms with Crippen LogP contribution in [0.1, 0.15) is 60.8 Å². The maximum absolute atomic E-state index is 11.3. The second kappa shape index (κ2) is 28.4. The largest absolute Gasteiger partial charge is 0.483 e. The van der Waals surface area contributed by atoms with Crippen molar-refractivity contribution in [2.45, 2.75) is 60.8 Å². The second-order valence-electron chi connectivity index (χ2n) is 3.75. The lowest BCUT2D eigenvalue weighted by atomic mass is 10.4. The third kappa shape index (κ3) is 25.5. The van der Waals surface area contributed by atoms with E-state index in [1.807, 2.05) is 27.7 Å². The minimum atomic E-state index is -0.562. The van der Waals surface area contributed by atoms with Crippen molar-refractivity contribution in [1.82, 2.24) is 10.2 Å². The van der Waals surface area contributed by atoms with E-state index in [1.165, 1.54) is 13.5 Å². The molecule has 0 bridgehead atoms. The fraction of sp³-hybridized carbons (Fsp3) is 0.812. The molecule has 0 aromatic carbocycles. The van der Waals surface area contributed by atoms with E-state index in [0.29, 0.717) is 0 Å². The number of methoxy groups -OCH3 is 1. The number of rotatable bonds is 2. The van der Waals surface area contributed by atoms with Crippen LogP contribution in [0.25, 0.3) is 0 Å². The maximum Gasteiger partial charge on any atom is 0.407 e. The number of hydrogen-bond acceptors (Lipinski definition) is 4. The highest BCUT2D eigenvalue weighted by atomic mass is 16.5. The van der Waals surface area contributed by atoms with Crippen molar-refractivity contribution in [3.05, 3.63) is 0 Å². The highest BCUT2D eigenvalue weighted by Crippen LogP contribution is 2.06. The van der Waals surface area contributed by atoms with Crippen molar-refractivity contribution in [3.63, 3.8) is 0 Å². The Balaban J connectivity index is -0.000000152. The number of nitrogens with one attached hydrogen (secondary N) is 1. The van der Waals surface area contributed by atoms with Crippen molar-refractivity contribution in [3.8, 4) is 0 Å². The summed E-state index contributed by atoms with van der Waals surface area (Å²) in [5.41, 5.74) is 0. The van der Waals surface area contributed by atoms with Gasteiger partial charge in [-0.15, -0.1) is 0 Å². The first kappa shape index (κ1) is 29.2. The van der Waals surface area contributed by atoms with E-state index in [-0.39, 0.29) is 18.9 Å². The van der Waals surface area contributed by atoms with Gasteiger partial charge in [0.1, 0.15) is 6.54 Å². The number of likely N-dealkylation sites (tertiary alicyclic amines) is 1. The van der Waals surface area contributed by atoms with Gasteiger partial charge >= 0.3 is 6.09 Å². The van der Waals surface area contributed by atoms with Gasteiger partial charge < -0.3 is 20.1 Å². The molecular formula is C16H36N2O5. The summed E-state index contributed by atoms with van der Waals surface area (Å²) in [7, 11) is 1.27. The molecular weight excluding hydrogens is 300 g/mol. The van der Waals surface area contributed by atoms with Crippen LogP contribution in [-0.4, -0.2) is 55.2 Å². The van der Waals surface area contributed by atoms with Crippen LogP contribution in [0.2, 0.25) is 0 Å². The van der Waals surface area contributed by atoms with Gasteiger partial charge in [0, 0.05) is 13.1 Å². The van der Waals surface area contributed by atoms with Crippen LogP contribution in [0, 0.1) is 0 Å². The van der Waals surface area contributed by atoms with E-state index in [4.69, 9.17) is 9.90 Å². The fourth-order valence-corrected chi connectivity index (χ4v) is 1.30. The normalized spacial score (nSPS) is 10.7. The van der Waals surface area contributed by atoms with Gasteiger partial charge in [-0.3, -0.25) is 9.59 Å². The second-order valence-corrected chi connectivity index (χ2v) is 3.75. The first-order valence-corrected chi connectivity index (χ1v) is 8.24. The van der Waals surface area contributed by atoms with Crippen molar-refractivity contribution in [2.75, 3.05) is 26.7 Å². The molecule has 2 N–H and O–H groups in total. The van der Waals surface area contributed by atoms with E-state index >= 15 is 0 Å². The molecule has 0 atom stereocenters. The highest BCUT2D eigenvalue weighted by Gasteiger charge is 2.17. The van der Waals surface area contributed by atoms with Crippen molar-refractivity contribution < 1.29 is 24.2 Å². The Morgan fingerprint density at radius 3 is 1.78 bits per heavy atom. The lowest BCUT2D eigenvalue weighted by Crippen LogP contribution is -2.38. The fourth-order valence-electron chi connectivity index (χ4n) is 1.30. The Hall–Kier alpha value is -1.79. The Labute approximate surface area is 141 Å². The minimum Gasteiger partial charge on any atom is -0.483 e. The number of alkyl carbamates (subject to hydrolysis) is 1. The van der Waals surface area contributed by atoms with E-state index in [2.05, 4.69) is 23.9 Å². The van der Waals surface area contributed by atoms with Gasteiger partial charge in [-0.05, 0) is 12.8 Å². The van der Waals surface area contributed by atoms with Crippen LogP contribution in [0.3, 0.4) is 0 Å². The average molecular weight is 336 g/mol. The van der Waals surface area contributed by atoms with E-state index in [9.17, 15) is 9.59 Å². The van der Waals surface area contributed by atoms with Gasteiger partial charge in [0.25, 0.3) is 6.47 Å². The molecule has 0 aromatic rings. The number of amides is 2. The van der Waals surface area contributed by atoms with E-state index in [0.717, 1.165) is 25.9 Å². The molecule has 1 saturated heterocycles. The summed E-state index contributed by atoms with van der Waals surface area (Å²) < 4.78 is 4.34. The summed E-state index contributed by atoms with van der Waals surface area (Å²) in [6, 6.07) is 0. The molecule has 1 aliphatic rings. The van der Waals surface area contributed by atoms with Crippen LogP contribution in [0.5, 0.6) is 0 Å². The van der Waals surface area contributed by atoms with Crippen LogP contribution in [0.15, 0.2) is 0 Å². The summed E-state index contributed by atoms with van der Waals surface area (Å²) in [5, 5.41) is 9.25. The zero-order chi connectivity index (χ0) is 19.1. The summed E-state index contributed by atoms with van der Waals surface area (Å²) in [6.07, 6.45) is 2.81. The smallest absolute Gasteiger partial charge is 0.407 e. The number of carbonyl (C=O) groups is 3. The topological polar surface area (TPSA) is 95.9 Å². The van der Waals surface area contributed by atoms with Crippen molar-refractivity contribution in [2.24, 2.45) is 0 Å². The predicted molar refractivity (Wildman–Crippen MR) is 93.6 cm³/mol. The molecule has 7 heteroatoms. The molecule has 1 heterocycles. The van der Waals surface area contributed by atoms with Gasteiger partial charge in [0.05, 0.1) is 7.11 Å². The lowest BCUT2D eigenvalue weighted by Gasteiger charge is -2.14. The molecule has 0 spiro atoms. The number of hydrogen-bond donors (Lipinski definition) is 2. The molecule has 7 nitrogen and oxygen atoms in total. The van der Waals surface area contributed by atoms with Crippen LogP contribution < -0.4 is 5.32 Å². The Morgan fingerprint density at radius 1 is 1.13 bits per heavy atom. The minimum absolute atomic E-state index is 0.0344. The third-order valence-corrected chi connectivity index (χ3v) is 2.03. The molecule has 0 radical (unpaired) electrons. The number of nitrogens with zero attached hydrogens (tertiary/aromatic N) is 1. The molecule has 1 fully saturated rings. The molecule has 0 unspecified atom stereocenters. The predicted octanol–water partition coefficient (Wildman–Crippen LogP) is 3.13. The third-order valence-electron chi connectivity index (χ3n) is 2.03. The SMILES string of the molecule is CC.CC.CCC.COC(=O)NCC(=O)N1CCCC1.O=CO. The Bertz CT molecular complexity index is 255. The lowest BCUT2D eigenvalue weighted by molar-refractivity contribution is -0.129. The van der Waals surface area contributed by atoms with E-state index < -0.39 is 6.09 Å². The molecule has 140 valence electrons. The Morgan fingerprint density at radius 2 is 1.48 bits per heavy atom. The summed E-state index contributed by atoms with van der Waals surface area (Å²) in [4.78, 5) is 32.1. The number of ether oxygens (including phenoxy) is 1. The standard InChI is InChI=1S/C8H14N2O3.C3H8.2C2H6.CH2O2/c1-13-8(12)9-6-7(11)10-4-2-3-5-10;1-3-2;2*1-2;2-1-3/h2-6H2,1H3,(H,9,12);3H2,1-2H3;2*1-2H3;1H,(H,2,3). The van der Waals surface area contributed by atoms with Crippen molar-refractivity contribution >= 4 is 18.5 Å². The summed E-state index contributed by atoms with van der Waals surface area (Å²) >= 11 is 0. The molecule has 1 aliphatic heterocycles. The first-order valence-electron chi connectivity index (χ1n) is 8.24. The number of carbonyl (C=O) groups excluding carboxylic acids is 2. The van der Waals surface area contributed by atoms with E-state index in [1.54, 1.807) is 4.90 Å². The van der Waals surface area contributed by atoms with Crippen molar-refractivity contribution in [1.29, 1.82) is 0 Å². The molecule has 0 saturated carbocycles. The van der Waals surface area contributed by atoms with Crippen LogP contribution in [0.4, 0.5) is 4.79 Å². The molecule has 23 heavy (non-hydrogen) atoms. The molecule has 2 amide bonds. The maximum atomic E-state index is 11.3. The monoisotopic (exact) mass is 336 g/mol.